The molecule has 1 aliphatic heterocycles. The number of carbonyl (C=O) groups excluding carboxylic acids is 1. The number of aromatic nitrogens is 2. The first kappa shape index (κ1) is 18.7. The summed E-state index contributed by atoms with van der Waals surface area (Å²) in [4.78, 5) is 25.7. The first-order chi connectivity index (χ1) is 13.7. The van der Waals surface area contributed by atoms with E-state index in [1.807, 2.05) is 43.7 Å². The number of nitrogens with one attached hydrogen (secondary N) is 1. The smallest absolute Gasteiger partial charge is 0.188 e. The van der Waals surface area contributed by atoms with Crippen molar-refractivity contribution in [2.24, 2.45) is 0 Å². The molecule has 3 heterocycles. The Morgan fingerprint density at radius 1 is 1.21 bits per heavy atom. The van der Waals surface area contributed by atoms with Gasteiger partial charge in [0.15, 0.2) is 5.13 Å². The van der Waals surface area contributed by atoms with Crippen LogP contribution in [-0.2, 0) is 11.3 Å². The zero-order valence-corrected chi connectivity index (χ0v) is 16.6. The van der Waals surface area contributed by atoms with Crippen LogP contribution >= 0.6 is 11.3 Å². The van der Waals surface area contributed by atoms with Crippen molar-refractivity contribution >= 4 is 28.6 Å². The van der Waals surface area contributed by atoms with Gasteiger partial charge < -0.3 is 10.1 Å². The van der Waals surface area contributed by atoms with Gasteiger partial charge in [0.25, 0.3) is 0 Å². The number of anilines is 2. The van der Waals surface area contributed by atoms with Crippen LogP contribution in [0.25, 0.3) is 10.4 Å². The summed E-state index contributed by atoms with van der Waals surface area (Å²) in [7, 11) is 2.00. The summed E-state index contributed by atoms with van der Waals surface area (Å²) in [6.07, 6.45) is 4.74. The van der Waals surface area contributed by atoms with Gasteiger partial charge in [-0.25, -0.2) is 9.97 Å². The minimum absolute atomic E-state index is 0.0279. The third-order valence-electron chi connectivity index (χ3n) is 4.97. The Morgan fingerprint density at radius 2 is 2.07 bits per heavy atom. The number of carbonyl (C=O) groups is 1. The van der Waals surface area contributed by atoms with Crippen LogP contribution in [0.5, 0.6) is 0 Å². The van der Waals surface area contributed by atoms with Crippen molar-refractivity contribution < 1.29 is 4.79 Å². The number of rotatable bonds is 6. The molecule has 0 bridgehead atoms. The fourth-order valence-corrected chi connectivity index (χ4v) is 4.16. The lowest BCUT2D eigenvalue weighted by molar-refractivity contribution is -0.114. The highest BCUT2D eigenvalue weighted by molar-refractivity contribution is 7.18. The monoisotopic (exact) mass is 393 g/mol. The van der Waals surface area contributed by atoms with Crippen LogP contribution in [0, 0.1) is 0 Å². The maximum Gasteiger partial charge on any atom is 0.188 e. The summed E-state index contributed by atoms with van der Waals surface area (Å²) in [5.41, 5.74) is 2.33. The van der Waals surface area contributed by atoms with Crippen molar-refractivity contribution in [2.75, 3.05) is 32.0 Å². The summed E-state index contributed by atoms with van der Waals surface area (Å²) >= 11 is 1.61. The molecule has 0 radical (unpaired) electrons. The van der Waals surface area contributed by atoms with Crippen LogP contribution in [0.15, 0.2) is 54.9 Å². The molecular weight excluding hydrogens is 370 g/mol. The molecule has 2 aromatic heterocycles. The quantitative estimate of drug-likeness (QED) is 0.649. The van der Waals surface area contributed by atoms with Crippen molar-refractivity contribution in [3.8, 4) is 10.4 Å². The number of aldehydes is 1. The van der Waals surface area contributed by atoms with Gasteiger partial charge in [-0.2, -0.15) is 0 Å². The molecule has 0 amide bonds. The van der Waals surface area contributed by atoms with Gasteiger partial charge in [-0.15, -0.1) is 0 Å². The first-order valence-electron chi connectivity index (χ1n) is 9.32. The second kappa shape index (κ2) is 8.60. The molecule has 0 aliphatic carbocycles. The summed E-state index contributed by atoms with van der Waals surface area (Å²) < 4.78 is 0. The Bertz CT molecular complexity index is 929. The molecular formula is C21H23N5OS. The molecule has 144 valence electrons. The van der Waals surface area contributed by atoms with E-state index in [0.717, 1.165) is 53.9 Å². The van der Waals surface area contributed by atoms with Gasteiger partial charge in [0, 0.05) is 38.6 Å². The predicted octanol–water partition coefficient (Wildman–Crippen LogP) is 3.26. The van der Waals surface area contributed by atoms with E-state index in [1.165, 1.54) is 5.56 Å². The molecule has 1 N–H and O–H groups in total. The third-order valence-corrected chi connectivity index (χ3v) is 5.93. The highest BCUT2D eigenvalue weighted by Gasteiger charge is 2.23. The number of piperazine rings is 1. The normalized spacial score (nSPS) is 18.1. The maximum absolute atomic E-state index is 11.2. The number of hydrogen-bond acceptors (Lipinski definition) is 7. The highest BCUT2D eigenvalue weighted by atomic mass is 32.1. The van der Waals surface area contributed by atoms with E-state index in [2.05, 4.69) is 43.3 Å². The molecule has 6 nitrogen and oxygen atoms in total. The third kappa shape index (κ3) is 4.44. The number of likely N-dealkylation sites (N-methyl/N-ethyl adjacent to an activating group) is 1. The first-order valence-corrected chi connectivity index (χ1v) is 10.1. The van der Waals surface area contributed by atoms with E-state index in [0.29, 0.717) is 0 Å². The van der Waals surface area contributed by atoms with Gasteiger partial charge in [0.05, 0.1) is 10.9 Å². The van der Waals surface area contributed by atoms with Crippen molar-refractivity contribution in [2.45, 2.75) is 12.6 Å². The molecule has 1 aliphatic rings. The molecule has 3 aromatic rings. The van der Waals surface area contributed by atoms with Gasteiger partial charge >= 0.3 is 0 Å². The number of hydrogen-bond donors (Lipinski definition) is 1. The van der Waals surface area contributed by atoms with E-state index < -0.39 is 0 Å². The average molecular weight is 394 g/mol. The van der Waals surface area contributed by atoms with Gasteiger partial charge in [0.1, 0.15) is 12.1 Å². The van der Waals surface area contributed by atoms with Gasteiger partial charge in [-0.1, -0.05) is 41.7 Å². The van der Waals surface area contributed by atoms with Crippen LogP contribution in [-0.4, -0.2) is 58.8 Å². The van der Waals surface area contributed by atoms with E-state index in [4.69, 9.17) is 0 Å². The Morgan fingerprint density at radius 3 is 2.89 bits per heavy atom. The molecule has 4 rings (SSSR count). The van der Waals surface area contributed by atoms with Crippen LogP contribution in [0.2, 0.25) is 0 Å². The average Bonchev–Trinajstić information content (AvgIpc) is 3.19. The van der Waals surface area contributed by atoms with Crippen LogP contribution in [0.1, 0.15) is 5.56 Å². The topological polar surface area (TPSA) is 61.4 Å². The Balaban J connectivity index is 1.42. The Kier molecular flexibility index (Phi) is 5.76. The van der Waals surface area contributed by atoms with Crippen molar-refractivity contribution in [3.63, 3.8) is 0 Å². The van der Waals surface area contributed by atoms with E-state index >= 15 is 0 Å². The number of benzene rings is 1. The van der Waals surface area contributed by atoms with E-state index in [9.17, 15) is 4.79 Å². The van der Waals surface area contributed by atoms with Gasteiger partial charge in [-0.3, -0.25) is 9.80 Å². The number of pyridine rings is 1. The zero-order chi connectivity index (χ0) is 19.3. The lowest BCUT2D eigenvalue weighted by Crippen LogP contribution is -2.51. The van der Waals surface area contributed by atoms with Crippen molar-refractivity contribution in [3.05, 3.63) is 60.4 Å². The molecule has 7 heteroatoms. The number of nitrogens with zero attached hydrogens (tertiary/aromatic N) is 4. The summed E-state index contributed by atoms with van der Waals surface area (Å²) in [5.74, 6) is 0.785. The van der Waals surface area contributed by atoms with E-state index in [-0.39, 0.29) is 6.04 Å². The molecule has 0 spiro atoms. The minimum Gasteiger partial charge on any atom is -0.316 e. The molecule has 1 aromatic carbocycles. The standard InChI is InChI=1S/C21H23N5OS/c1-25-9-10-26(14-18(25)15-27)13-16-7-8-22-20(11-16)24-21-23-12-19(28-21)17-5-3-2-4-6-17/h2-8,11-12,15,18H,9-10,13-14H2,1H3,(H,22,23,24). The van der Waals surface area contributed by atoms with Gasteiger partial charge in [-0.05, 0) is 30.3 Å². The zero-order valence-electron chi connectivity index (χ0n) is 15.8. The van der Waals surface area contributed by atoms with Crippen LogP contribution < -0.4 is 5.32 Å². The van der Waals surface area contributed by atoms with Crippen LogP contribution in [0.3, 0.4) is 0 Å². The van der Waals surface area contributed by atoms with E-state index in [1.54, 1.807) is 11.3 Å². The van der Waals surface area contributed by atoms with Gasteiger partial charge in [0.2, 0.25) is 0 Å². The highest BCUT2D eigenvalue weighted by Crippen LogP contribution is 2.30. The predicted molar refractivity (Wildman–Crippen MR) is 113 cm³/mol. The van der Waals surface area contributed by atoms with Crippen molar-refractivity contribution in [1.82, 2.24) is 19.8 Å². The summed E-state index contributed by atoms with van der Waals surface area (Å²) in [5, 5.41) is 4.14. The second-order valence-corrected chi connectivity index (χ2v) is 8.02. The lowest BCUT2D eigenvalue weighted by Gasteiger charge is -2.36. The Hall–Kier alpha value is -2.61. The molecule has 1 saturated heterocycles. The fraction of sp³-hybridized carbons (Fsp3) is 0.286. The Labute approximate surface area is 168 Å². The molecule has 1 unspecified atom stereocenters. The molecule has 1 fully saturated rings. The fourth-order valence-electron chi connectivity index (χ4n) is 3.33. The molecule has 0 saturated carbocycles. The molecule has 1 atom stereocenters. The van der Waals surface area contributed by atoms with Crippen LogP contribution in [0.4, 0.5) is 10.9 Å². The lowest BCUT2D eigenvalue weighted by atomic mass is 10.1. The summed E-state index contributed by atoms with van der Waals surface area (Å²) in [6, 6.07) is 14.3. The maximum atomic E-state index is 11.2. The largest absolute Gasteiger partial charge is 0.316 e. The minimum atomic E-state index is -0.0279. The van der Waals surface area contributed by atoms with Crippen molar-refractivity contribution in [1.29, 1.82) is 0 Å². The molecule has 28 heavy (non-hydrogen) atoms. The number of thiazole rings is 1. The SMILES string of the molecule is CN1CCN(Cc2ccnc(Nc3ncc(-c4ccccc4)s3)c2)CC1C=O. The second-order valence-electron chi connectivity index (χ2n) is 6.99. The summed E-state index contributed by atoms with van der Waals surface area (Å²) in [6.45, 7) is 3.43.